The monoisotopic (exact) mass is 339 g/mol. The molecule has 0 spiro atoms. The predicted octanol–water partition coefficient (Wildman–Crippen LogP) is 3.99. The maximum absolute atomic E-state index is 12.9. The van der Waals surface area contributed by atoms with Gasteiger partial charge in [-0.15, -0.1) is 0 Å². The van der Waals surface area contributed by atoms with Crippen LogP contribution in [0, 0.1) is 0 Å². The van der Waals surface area contributed by atoms with E-state index in [1.54, 1.807) is 18.2 Å². The molecule has 0 saturated carbocycles. The molecule has 0 radical (unpaired) electrons. The largest absolute Gasteiger partial charge is 0.312 e. The van der Waals surface area contributed by atoms with Crippen molar-refractivity contribution in [3.63, 3.8) is 0 Å². The molecule has 2 aromatic carbocycles. The molecule has 2 nitrogen and oxygen atoms in total. The third-order valence-corrected chi connectivity index (χ3v) is 6.34. The fourth-order valence-corrected chi connectivity index (χ4v) is 4.89. The standard InChI is InChI=1S/C16H15Cl2NOS/c1-19-16-12-5-3-2-4-10(12)8-15(16)21(20)11-6-7-13(17)14(18)9-11/h2-7,9,15-16,19H,8H2,1H3. The summed E-state index contributed by atoms with van der Waals surface area (Å²) in [7, 11) is 0.769. The minimum Gasteiger partial charge on any atom is -0.312 e. The Labute approximate surface area is 136 Å². The highest BCUT2D eigenvalue weighted by atomic mass is 35.5. The van der Waals surface area contributed by atoms with Crippen molar-refractivity contribution in [2.24, 2.45) is 0 Å². The maximum Gasteiger partial charge on any atom is 0.0629 e. The van der Waals surface area contributed by atoms with Crippen LogP contribution in [-0.4, -0.2) is 16.5 Å². The molecule has 21 heavy (non-hydrogen) atoms. The van der Waals surface area contributed by atoms with E-state index in [-0.39, 0.29) is 11.3 Å². The predicted molar refractivity (Wildman–Crippen MR) is 88.6 cm³/mol. The highest BCUT2D eigenvalue weighted by molar-refractivity contribution is 7.85. The van der Waals surface area contributed by atoms with E-state index in [4.69, 9.17) is 23.2 Å². The molecule has 0 bridgehead atoms. The Morgan fingerprint density at radius 1 is 1.14 bits per heavy atom. The number of halogens is 2. The molecule has 1 aliphatic rings. The van der Waals surface area contributed by atoms with Crippen molar-refractivity contribution in [3.05, 3.63) is 63.6 Å². The van der Waals surface area contributed by atoms with Crippen molar-refractivity contribution in [2.45, 2.75) is 22.6 Å². The lowest BCUT2D eigenvalue weighted by atomic mass is 10.1. The normalized spacial score (nSPS) is 22.0. The highest BCUT2D eigenvalue weighted by Crippen LogP contribution is 2.36. The van der Waals surface area contributed by atoms with Crippen LogP contribution < -0.4 is 5.32 Å². The molecule has 2 aromatic rings. The van der Waals surface area contributed by atoms with Crippen LogP contribution in [0.15, 0.2) is 47.4 Å². The van der Waals surface area contributed by atoms with Crippen LogP contribution in [0.25, 0.3) is 0 Å². The van der Waals surface area contributed by atoms with Crippen LogP contribution in [0.5, 0.6) is 0 Å². The Morgan fingerprint density at radius 2 is 1.90 bits per heavy atom. The molecule has 0 amide bonds. The van der Waals surface area contributed by atoms with E-state index < -0.39 is 10.8 Å². The fourth-order valence-electron chi connectivity index (χ4n) is 2.88. The Bertz CT molecular complexity index is 704. The molecule has 3 rings (SSSR count). The smallest absolute Gasteiger partial charge is 0.0629 e. The Balaban J connectivity index is 1.94. The van der Waals surface area contributed by atoms with Crippen LogP contribution >= 0.6 is 23.2 Å². The van der Waals surface area contributed by atoms with Crippen LogP contribution in [0.4, 0.5) is 0 Å². The molecular formula is C16H15Cl2NOS. The summed E-state index contributed by atoms with van der Waals surface area (Å²) in [6.07, 6.45) is 0.800. The summed E-state index contributed by atoms with van der Waals surface area (Å²) in [4.78, 5) is 0.724. The van der Waals surface area contributed by atoms with Crippen molar-refractivity contribution in [2.75, 3.05) is 7.05 Å². The lowest BCUT2D eigenvalue weighted by Crippen LogP contribution is -2.29. The number of hydrogen-bond acceptors (Lipinski definition) is 2. The molecule has 0 aliphatic heterocycles. The van der Waals surface area contributed by atoms with Gasteiger partial charge in [0.05, 0.1) is 26.1 Å². The van der Waals surface area contributed by atoms with Gasteiger partial charge in [-0.3, -0.25) is 4.21 Å². The summed E-state index contributed by atoms with van der Waals surface area (Å²) in [6, 6.07) is 13.5. The van der Waals surface area contributed by atoms with Gasteiger partial charge in [0.25, 0.3) is 0 Å². The molecule has 1 N–H and O–H groups in total. The number of nitrogens with one attached hydrogen (secondary N) is 1. The number of hydrogen-bond donors (Lipinski definition) is 1. The molecule has 0 fully saturated rings. The first-order valence-electron chi connectivity index (χ1n) is 6.72. The van der Waals surface area contributed by atoms with E-state index in [2.05, 4.69) is 17.4 Å². The molecular weight excluding hydrogens is 325 g/mol. The minimum absolute atomic E-state index is 0.00430. The van der Waals surface area contributed by atoms with E-state index in [0.29, 0.717) is 10.0 Å². The van der Waals surface area contributed by atoms with Crippen LogP contribution in [0.3, 0.4) is 0 Å². The fraction of sp³-hybridized carbons (Fsp3) is 0.250. The molecule has 3 atom stereocenters. The highest BCUT2D eigenvalue weighted by Gasteiger charge is 2.35. The van der Waals surface area contributed by atoms with Gasteiger partial charge in [0, 0.05) is 10.9 Å². The third-order valence-electron chi connectivity index (χ3n) is 3.89. The van der Waals surface area contributed by atoms with E-state index in [1.165, 1.54) is 11.1 Å². The van der Waals surface area contributed by atoms with Crippen LogP contribution in [-0.2, 0) is 17.2 Å². The molecule has 5 heteroatoms. The van der Waals surface area contributed by atoms with Gasteiger partial charge >= 0.3 is 0 Å². The van der Waals surface area contributed by atoms with Crippen LogP contribution in [0.1, 0.15) is 17.2 Å². The van der Waals surface area contributed by atoms with Gasteiger partial charge in [-0.2, -0.15) is 0 Å². The van der Waals surface area contributed by atoms with Crippen LogP contribution in [0.2, 0.25) is 10.0 Å². The van der Waals surface area contributed by atoms with Crippen molar-refractivity contribution in [3.8, 4) is 0 Å². The topological polar surface area (TPSA) is 29.1 Å². The van der Waals surface area contributed by atoms with Crippen molar-refractivity contribution in [1.82, 2.24) is 5.32 Å². The zero-order valence-corrected chi connectivity index (χ0v) is 13.8. The van der Waals surface area contributed by atoms with Gasteiger partial charge in [0.2, 0.25) is 0 Å². The second-order valence-electron chi connectivity index (χ2n) is 5.08. The zero-order chi connectivity index (χ0) is 15.0. The number of fused-ring (bicyclic) bond motifs is 1. The van der Waals surface area contributed by atoms with Crippen molar-refractivity contribution in [1.29, 1.82) is 0 Å². The summed E-state index contributed by atoms with van der Waals surface area (Å²) in [5, 5.41) is 4.23. The summed E-state index contributed by atoms with van der Waals surface area (Å²) < 4.78 is 12.9. The summed E-state index contributed by atoms with van der Waals surface area (Å²) in [5.41, 5.74) is 2.49. The number of benzene rings is 2. The van der Waals surface area contributed by atoms with Gasteiger partial charge < -0.3 is 5.32 Å². The third kappa shape index (κ3) is 2.76. The zero-order valence-electron chi connectivity index (χ0n) is 11.5. The van der Waals surface area contributed by atoms with E-state index >= 15 is 0 Å². The molecule has 0 aromatic heterocycles. The lowest BCUT2D eigenvalue weighted by Gasteiger charge is -2.19. The van der Waals surface area contributed by atoms with Gasteiger partial charge in [-0.05, 0) is 42.8 Å². The van der Waals surface area contributed by atoms with E-state index in [1.807, 2.05) is 19.2 Å². The summed E-state index contributed by atoms with van der Waals surface area (Å²) in [6.45, 7) is 0. The minimum atomic E-state index is -1.14. The Hall–Kier alpha value is -0.870. The first-order valence-corrected chi connectivity index (χ1v) is 8.69. The SMILES string of the molecule is CNC1c2ccccc2CC1S(=O)c1ccc(Cl)c(Cl)c1. The first kappa shape index (κ1) is 15.0. The second kappa shape index (κ2) is 6.09. The molecule has 110 valence electrons. The van der Waals surface area contributed by atoms with E-state index in [9.17, 15) is 4.21 Å². The maximum atomic E-state index is 12.9. The van der Waals surface area contributed by atoms with Gasteiger partial charge in [0.1, 0.15) is 0 Å². The number of rotatable bonds is 3. The van der Waals surface area contributed by atoms with E-state index in [0.717, 1.165) is 11.3 Å². The average Bonchev–Trinajstić information content (AvgIpc) is 2.87. The van der Waals surface area contributed by atoms with Crippen molar-refractivity contribution < 1.29 is 4.21 Å². The van der Waals surface area contributed by atoms with Gasteiger partial charge in [-0.25, -0.2) is 0 Å². The van der Waals surface area contributed by atoms with Gasteiger partial charge in [-0.1, -0.05) is 47.5 Å². The average molecular weight is 340 g/mol. The molecule has 0 heterocycles. The second-order valence-corrected chi connectivity index (χ2v) is 7.57. The Kier molecular flexibility index (Phi) is 4.36. The summed E-state index contributed by atoms with van der Waals surface area (Å²) in [5.74, 6) is 0. The molecule has 3 unspecified atom stereocenters. The van der Waals surface area contributed by atoms with Crippen molar-refractivity contribution >= 4 is 34.0 Å². The quantitative estimate of drug-likeness (QED) is 0.916. The Morgan fingerprint density at radius 3 is 2.62 bits per heavy atom. The van der Waals surface area contributed by atoms with Gasteiger partial charge in [0.15, 0.2) is 0 Å². The lowest BCUT2D eigenvalue weighted by molar-refractivity contribution is 0.581. The molecule has 0 saturated heterocycles. The summed E-state index contributed by atoms with van der Waals surface area (Å²) >= 11 is 12.0. The molecule has 1 aliphatic carbocycles. The first-order chi connectivity index (χ1) is 10.1.